The lowest BCUT2D eigenvalue weighted by Gasteiger charge is -2.21. The van der Waals surface area contributed by atoms with Crippen molar-refractivity contribution in [3.8, 4) is 5.75 Å². The standard InChI is InChI=1S/C14H21NO3/c1-4-14(2,17)10-15-13(16)9-11-5-7-12(18-3)8-6-11/h5-8,17H,4,9-10H2,1-3H3,(H,15,16). The van der Waals surface area contributed by atoms with Crippen molar-refractivity contribution in [3.63, 3.8) is 0 Å². The van der Waals surface area contributed by atoms with Crippen LogP contribution in [0, 0.1) is 0 Å². The van der Waals surface area contributed by atoms with Crippen LogP contribution < -0.4 is 10.1 Å². The molecule has 0 bridgehead atoms. The topological polar surface area (TPSA) is 58.6 Å². The zero-order valence-electron chi connectivity index (χ0n) is 11.2. The van der Waals surface area contributed by atoms with Gasteiger partial charge < -0.3 is 15.2 Å². The fourth-order valence-corrected chi connectivity index (χ4v) is 1.41. The highest BCUT2D eigenvalue weighted by Crippen LogP contribution is 2.12. The molecule has 4 nitrogen and oxygen atoms in total. The van der Waals surface area contributed by atoms with Crippen LogP contribution in [0.2, 0.25) is 0 Å². The van der Waals surface area contributed by atoms with Crippen molar-refractivity contribution in [3.05, 3.63) is 29.8 Å². The van der Waals surface area contributed by atoms with Gasteiger partial charge in [0, 0.05) is 6.54 Å². The van der Waals surface area contributed by atoms with E-state index in [2.05, 4.69) is 5.32 Å². The molecule has 1 atom stereocenters. The van der Waals surface area contributed by atoms with Crippen LogP contribution in [0.1, 0.15) is 25.8 Å². The van der Waals surface area contributed by atoms with Crippen LogP contribution >= 0.6 is 0 Å². The molecule has 0 aliphatic rings. The zero-order chi connectivity index (χ0) is 13.6. The third kappa shape index (κ3) is 4.75. The second-order valence-corrected chi connectivity index (χ2v) is 4.65. The number of carbonyl (C=O) groups excluding carboxylic acids is 1. The SMILES string of the molecule is CCC(C)(O)CNC(=O)Cc1ccc(OC)cc1. The minimum Gasteiger partial charge on any atom is -0.497 e. The molecule has 0 radical (unpaired) electrons. The largest absolute Gasteiger partial charge is 0.497 e. The van der Waals surface area contributed by atoms with Crippen molar-refractivity contribution in [2.45, 2.75) is 32.3 Å². The van der Waals surface area contributed by atoms with E-state index in [0.29, 0.717) is 12.8 Å². The second-order valence-electron chi connectivity index (χ2n) is 4.65. The molecule has 0 heterocycles. The van der Waals surface area contributed by atoms with Crippen LogP contribution in [0.5, 0.6) is 5.75 Å². The number of rotatable bonds is 6. The number of nitrogens with one attached hydrogen (secondary N) is 1. The van der Waals surface area contributed by atoms with E-state index in [-0.39, 0.29) is 12.5 Å². The molecule has 4 heteroatoms. The van der Waals surface area contributed by atoms with Crippen molar-refractivity contribution in [2.24, 2.45) is 0 Å². The lowest BCUT2D eigenvalue weighted by Crippen LogP contribution is -2.40. The van der Waals surface area contributed by atoms with Gasteiger partial charge in [-0.25, -0.2) is 0 Å². The Labute approximate surface area is 108 Å². The maximum Gasteiger partial charge on any atom is 0.224 e. The average molecular weight is 251 g/mol. The molecule has 0 aliphatic carbocycles. The molecule has 0 spiro atoms. The van der Waals surface area contributed by atoms with E-state index in [9.17, 15) is 9.90 Å². The minimum absolute atomic E-state index is 0.0890. The molecule has 1 rings (SSSR count). The minimum atomic E-state index is -0.838. The molecule has 1 amide bonds. The highest BCUT2D eigenvalue weighted by molar-refractivity contribution is 5.78. The molecule has 1 aromatic rings. The summed E-state index contributed by atoms with van der Waals surface area (Å²) in [5, 5.41) is 12.5. The van der Waals surface area contributed by atoms with Gasteiger partial charge in [0.1, 0.15) is 5.75 Å². The fourth-order valence-electron chi connectivity index (χ4n) is 1.41. The molecule has 0 saturated heterocycles. The highest BCUT2D eigenvalue weighted by atomic mass is 16.5. The lowest BCUT2D eigenvalue weighted by atomic mass is 10.0. The number of amides is 1. The van der Waals surface area contributed by atoms with Gasteiger partial charge in [-0.1, -0.05) is 19.1 Å². The quantitative estimate of drug-likeness (QED) is 0.806. The van der Waals surface area contributed by atoms with Crippen molar-refractivity contribution >= 4 is 5.91 Å². The first-order valence-corrected chi connectivity index (χ1v) is 6.09. The molecule has 0 aromatic heterocycles. The van der Waals surface area contributed by atoms with E-state index >= 15 is 0 Å². The van der Waals surface area contributed by atoms with Crippen molar-refractivity contribution in [1.82, 2.24) is 5.32 Å². The number of carbonyl (C=O) groups is 1. The molecule has 1 aromatic carbocycles. The summed E-state index contributed by atoms with van der Waals surface area (Å²) < 4.78 is 5.05. The molecule has 0 fully saturated rings. The Morgan fingerprint density at radius 3 is 2.50 bits per heavy atom. The highest BCUT2D eigenvalue weighted by Gasteiger charge is 2.18. The first kappa shape index (κ1) is 14.5. The van der Waals surface area contributed by atoms with Crippen LogP contribution in [0.15, 0.2) is 24.3 Å². The summed E-state index contributed by atoms with van der Waals surface area (Å²) in [4.78, 5) is 11.7. The van der Waals surface area contributed by atoms with Gasteiger partial charge in [-0.3, -0.25) is 4.79 Å². The number of hydrogen-bond acceptors (Lipinski definition) is 3. The number of ether oxygens (including phenoxy) is 1. The van der Waals surface area contributed by atoms with E-state index < -0.39 is 5.60 Å². The summed E-state index contributed by atoms with van der Waals surface area (Å²) in [5.74, 6) is 0.682. The lowest BCUT2D eigenvalue weighted by molar-refractivity contribution is -0.121. The van der Waals surface area contributed by atoms with Gasteiger partial charge in [-0.15, -0.1) is 0 Å². The molecule has 100 valence electrons. The molecule has 0 saturated carbocycles. The zero-order valence-corrected chi connectivity index (χ0v) is 11.2. The van der Waals surface area contributed by atoms with Crippen molar-refractivity contribution in [1.29, 1.82) is 0 Å². The predicted octanol–water partition coefficient (Wildman–Crippen LogP) is 1.51. The van der Waals surface area contributed by atoms with Crippen molar-refractivity contribution in [2.75, 3.05) is 13.7 Å². The smallest absolute Gasteiger partial charge is 0.224 e. The Balaban J connectivity index is 2.44. The number of methoxy groups -OCH3 is 1. The summed E-state index contributed by atoms with van der Waals surface area (Å²) in [7, 11) is 1.61. The van der Waals surface area contributed by atoms with Gasteiger partial charge >= 0.3 is 0 Å². The van der Waals surface area contributed by atoms with E-state index in [0.717, 1.165) is 11.3 Å². The second kappa shape index (κ2) is 6.40. The van der Waals surface area contributed by atoms with Gasteiger partial charge in [0.15, 0.2) is 0 Å². The predicted molar refractivity (Wildman–Crippen MR) is 70.6 cm³/mol. The summed E-state index contributed by atoms with van der Waals surface area (Å²) >= 11 is 0. The Morgan fingerprint density at radius 1 is 1.39 bits per heavy atom. The van der Waals surface area contributed by atoms with E-state index in [1.54, 1.807) is 14.0 Å². The molecular weight excluding hydrogens is 230 g/mol. The fraction of sp³-hybridized carbons (Fsp3) is 0.500. The molecule has 18 heavy (non-hydrogen) atoms. The molecular formula is C14H21NO3. The normalized spacial score (nSPS) is 13.8. The summed E-state index contributed by atoms with van der Waals surface area (Å²) in [6.07, 6.45) is 0.916. The van der Waals surface area contributed by atoms with Gasteiger partial charge in [-0.05, 0) is 31.0 Å². The first-order valence-electron chi connectivity index (χ1n) is 6.09. The Hall–Kier alpha value is -1.55. The maximum atomic E-state index is 11.7. The van der Waals surface area contributed by atoms with Gasteiger partial charge in [0.05, 0.1) is 19.1 Å². The van der Waals surface area contributed by atoms with Gasteiger partial charge in [0.25, 0.3) is 0 Å². The number of hydrogen-bond donors (Lipinski definition) is 2. The Bertz CT molecular complexity index is 385. The molecule has 2 N–H and O–H groups in total. The summed E-state index contributed by atoms with van der Waals surface area (Å²) in [6.45, 7) is 3.87. The third-order valence-corrected chi connectivity index (χ3v) is 2.95. The Morgan fingerprint density at radius 2 is 2.00 bits per heavy atom. The van der Waals surface area contributed by atoms with Crippen molar-refractivity contribution < 1.29 is 14.6 Å². The third-order valence-electron chi connectivity index (χ3n) is 2.95. The maximum absolute atomic E-state index is 11.7. The van der Waals surface area contributed by atoms with Gasteiger partial charge in [0.2, 0.25) is 5.91 Å². The average Bonchev–Trinajstić information content (AvgIpc) is 2.37. The Kier molecular flexibility index (Phi) is 5.16. The molecule has 1 unspecified atom stereocenters. The van der Waals surface area contributed by atoms with Crippen LogP contribution in [0.4, 0.5) is 0 Å². The van der Waals surface area contributed by atoms with Crippen LogP contribution in [-0.4, -0.2) is 30.3 Å². The number of aliphatic hydroxyl groups is 1. The van der Waals surface area contributed by atoms with E-state index in [1.165, 1.54) is 0 Å². The first-order chi connectivity index (χ1) is 8.46. The molecule has 0 aliphatic heterocycles. The van der Waals surface area contributed by atoms with Crippen LogP contribution in [-0.2, 0) is 11.2 Å². The van der Waals surface area contributed by atoms with Gasteiger partial charge in [-0.2, -0.15) is 0 Å². The van der Waals surface area contributed by atoms with E-state index in [1.807, 2.05) is 31.2 Å². The van der Waals surface area contributed by atoms with Crippen LogP contribution in [0.25, 0.3) is 0 Å². The van der Waals surface area contributed by atoms with E-state index in [4.69, 9.17) is 4.74 Å². The monoisotopic (exact) mass is 251 g/mol. The summed E-state index contributed by atoms with van der Waals surface area (Å²) in [6, 6.07) is 7.36. The van der Waals surface area contributed by atoms with Crippen LogP contribution in [0.3, 0.4) is 0 Å². The number of benzene rings is 1. The summed E-state index contributed by atoms with van der Waals surface area (Å²) in [5.41, 5.74) is 0.0830.